The van der Waals surface area contributed by atoms with Crippen LogP contribution in [-0.2, 0) is 6.18 Å². The van der Waals surface area contributed by atoms with Crippen LogP contribution in [0.2, 0.25) is 0 Å². The smallest absolute Gasteiger partial charge is 0.314 e. The van der Waals surface area contributed by atoms with Crippen LogP contribution in [-0.4, -0.2) is 31.1 Å². The van der Waals surface area contributed by atoms with E-state index in [4.69, 9.17) is 0 Å². The van der Waals surface area contributed by atoms with Gasteiger partial charge in [-0.15, -0.1) is 0 Å². The third kappa shape index (κ3) is 3.60. The zero-order valence-corrected chi connectivity index (χ0v) is 12.3. The molecule has 6 heteroatoms. The molecule has 1 saturated carbocycles. The number of nitrogens with one attached hydrogen (secondary N) is 1. The molecule has 0 radical (unpaired) electrons. The minimum atomic E-state index is -4.64. The molecule has 22 heavy (non-hydrogen) atoms. The monoisotopic (exact) mass is 316 g/mol. The maximum absolute atomic E-state index is 13.9. The summed E-state index contributed by atoms with van der Waals surface area (Å²) in [5.41, 5.74) is -0.513. The van der Waals surface area contributed by atoms with Crippen LogP contribution in [0.25, 0.3) is 0 Å². The van der Waals surface area contributed by atoms with Crippen molar-refractivity contribution in [2.45, 2.75) is 31.5 Å². The Morgan fingerprint density at radius 1 is 1.18 bits per heavy atom. The lowest BCUT2D eigenvalue weighted by Gasteiger charge is -2.35. The van der Waals surface area contributed by atoms with Crippen molar-refractivity contribution in [3.8, 4) is 0 Å². The van der Waals surface area contributed by atoms with Gasteiger partial charge < -0.3 is 5.32 Å². The summed E-state index contributed by atoms with van der Waals surface area (Å²) in [5.74, 6) is -0.536. The van der Waals surface area contributed by atoms with Gasteiger partial charge in [-0.2, -0.15) is 13.2 Å². The van der Waals surface area contributed by atoms with E-state index >= 15 is 0 Å². The van der Waals surface area contributed by atoms with Crippen LogP contribution in [0.5, 0.6) is 0 Å². The summed E-state index contributed by atoms with van der Waals surface area (Å²) in [6.45, 7) is 3.43. The molecule has 122 valence electrons. The van der Waals surface area contributed by atoms with Crippen LogP contribution in [0.1, 0.15) is 36.4 Å². The summed E-state index contributed by atoms with van der Waals surface area (Å²) in [6, 6.07) is 3.43. The standard InChI is InChI=1S/C16H20F4N2/c17-14-10-12(3-4-13(14)16(18,19)20)15(9-11-1-2-11)22-7-5-21-6-8-22/h3-4,10-11,15,21H,1-2,5-9H2/t15-/m1/s1. The van der Waals surface area contributed by atoms with Crippen LogP contribution >= 0.6 is 0 Å². The normalized spacial score (nSPS) is 21.8. The number of hydrogen-bond donors (Lipinski definition) is 1. The second-order valence-corrected chi connectivity index (χ2v) is 6.22. The van der Waals surface area contributed by atoms with E-state index in [1.807, 2.05) is 0 Å². The van der Waals surface area contributed by atoms with Gasteiger partial charge in [0.25, 0.3) is 0 Å². The molecule has 1 atom stereocenters. The average molecular weight is 316 g/mol. The van der Waals surface area contributed by atoms with Gasteiger partial charge in [0, 0.05) is 32.2 Å². The van der Waals surface area contributed by atoms with Crippen LogP contribution < -0.4 is 5.32 Å². The maximum atomic E-state index is 13.9. The minimum Gasteiger partial charge on any atom is -0.314 e. The molecule has 0 spiro atoms. The molecule has 1 aliphatic heterocycles. The first-order chi connectivity index (χ1) is 10.4. The van der Waals surface area contributed by atoms with E-state index in [2.05, 4.69) is 10.2 Å². The van der Waals surface area contributed by atoms with Gasteiger partial charge in [-0.3, -0.25) is 4.90 Å². The first-order valence-electron chi connectivity index (χ1n) is 7.76. The number of piperazine rings is 1. The molecule has 1 aromatic carbocycles. The van der Waals surface area contributed by atoms with Gasteiger partial charge in [-0.1, -0.05) is 18.9 Å². The predicted molar refractivity (Wildman–Crippen MR) is 75.9 cm³/mol. The zero-order chi connectivity index (χ0) is 15.7. The molecule has 0 unspecified atom stereocenters. The molecule has 1 aliphatic carbocycles. The van der Waals surface area contributed by atoms with E-state index < -0.39 is 17.6 Å². The fraction of sp³-hybridized carbons (Fsp3) is 0.625. The Morgan fingerprint density at radius 3 is 2.41 bits per heavy atom. The summed E-state index contributed by atoms with van der Waals surface area (Å²) in [6.07, 6.45) is -1.38. The molecular weight excluding hydrogens is 296 g/mol. The predicted octanol–water partition coefficient (Wildman–Crippen LogP) is 3.59. The summed E-state index contributed by atoms with van der Waals surface area (Å²) < 4.78 is 52.0. The Balaban J connectivity index is 1.84. The van der Waals surface area contributed by atoms with E-state index in [9.17, 15) is 17.6 Å². The van der Waals surface area contributed by atoms with Crippen molar-refractivity contribution < 1.29 is 17.6 Å². The molecule has 1 aromatic rings. The van der Waals surface area contributed by atoms with Crippen molar-refractivity contribution in [1.29, 1.82) is 0 Å². The largest absolute Gasteiger partial charge is 0.419 e. The highest BCUT2D eigenvalue weighted by Crippen LogP contribution is 2.41. The SMILES string of the molecule is Fc1cc([C@@H](CC2CC2)N2CCNCC2)ccc1C(F)(F)F. The van der Waals surface area contributed by atoms with Gasteiger partial charge in [0.15, 0.2) is 0 Å². The molecule has 3 rings (SSSR count). The fourth-order valence-electron chi connectivity index (χ4n) is 3.13. The highest BCUT2D eigenvalue weighted by atomic mass is 19.4. The molecule has 1 saturated heterocycles. The summed E-state index contributed by atoms with van der Waals surface area (Å²) in [7, 11) is 0. The van der Waals surface area contributed by atoms with Gasteiger partial charge in [0.05, 0.1) is 5.56 Å². The number of halogens is 4. The molecule has 1 N–H and O–H groups in total. The van der Waals surface area contributed by atoms with E-state index in [1.165, 1.54) is 18.9 Å². The van der Waals surface area contributed by atoms with Gasteiger partial charge in [0.2, 0.25) is 0 Å². The van der Waals surface area contributed by atoms with Crippen molar-refractivity contribution in [2.24, 2.45) is 5.92 Å². The maximum Gasteiger partial charge on any atom is 0.419 e. The summed E-state index contributed by atoms with van der Waals surface area (Å²) in [5, 5.41) is 3.27. The highest BCUT2D eigenvalue weighted by molar-refractivity contribution is 5.29. The van der Waals surface area contributed by atoms with Crippen molar-refractivity contribution in [3.63, 3.8) is 0 Å². The first kappa shape index (κ1) is 15.7. The third-order valence-electron chi connectivity index (χ3n) is 4.53. The zero-order valence-electron chi connectivity index (χ0n) is 12.3. The van der Waals surface area contributed by atoms with Crippen molar-refractivity contribution >= 4 is 0 Å². The number of alkyl halides is 3. The van der Waals surface area contributed by atoms with Gasteiger partial charge >= 0.3 is 6.18 Å². The lowest BCUT2D eigenvalue weighted by atomic mass is 9.97. The first-order valence-corrected chi connectivity index (χ1v) is 7.76. The molecule has 0 aromatic heterocycles. The molecule has 2 aliphatic rings. The second-order valence-electron chi connectivity index (χ2n) is 6.22. The topological polar surface area (TPSA) is 15.3 Å². The van der Waals surface area contributed by atoms with Crippen molar-refractivity contribution in [2.75, 3.05) is 26.2 Å². The Labute approximate surface area is 127 Å². The lowest BCUT2D eigenvalue weighted by Crippen LogP contribution is -2.45. The number of hydrogen-bond acceptors (Lipinski definition) is 2. The molecule has 1 heterocycles. The van der Waals surface area contributed by atoms with E-state index in [1.54, 1.807) is 0 Å². The molecule has 2 fully saturated rings. The number of rotatable bonds is 4. The summed E-state index contributed by atoms with van der Waals surface area (Å²) >= 11 is 0. The molecule has 0 bridgehead atoms. The number of benzene rings is 1. The Kier molecular flexibility index (Phi) is 4.41. The Morgan fingerprint density at radius 2 is 1.86 bits per heavy atom. The quantitative estimate of drug-likeness (QED) is 0.854. The highest BCUT2D eigenvalue weighted by Gasteiger charge is 2.35. The van der Waals surface area contributed by atoms with Gasteiger partial charge in [-0.25, -0.2) is 4.39 Å². The van der Waals surface area contributed by atoms with Crippen molar-refractivity contribution in [1.82, 2.24) is 10.2 Å². The van der Waals surface area contributed by atoms with E-state index in [0.29, 0.717) is 11.5 Å². The van der Waals surface area contributed by atoms with Gasteiger partial charge in [-0.05, 0) is 30.0 Å². The van der Waals surface area contributed by atoms with E-state index in [-0.39, 0.29) is 6.04 Å². The number of nitrogens with zero attached hydrogens (tertiary/aromatic N) is 1. The van der Waals surface area contributed by atoms with Crippen LogP contribution in [0.15, 0.2) is 18.2 Å². The van der Waals surface area contributed by atoms with Crippen LogP contribution in [0.4, 0.5) is 17.6 Å². The third-order valence-corrected chi connectivity index (χ3v) is 4.53. The van der Waals surface area contributed by atoms with Crippen LogP contribution in [0, 0.1) is 11.7 Å². The molecular formula is C16H20F4N2. The second kappa shape index (κ2) is 6.16. The van der Waals surface area contributed by atoms with Crippen LogP contribution in [0.3, 0.4) is 0 Å². The molecule has 2 nitrogen and oxygen atoms in total. The average Bonchev–Trinajstić information content (AvgIpc) is 3.28. The minimum absolute atomic E-state index is 0.0198. The fourth-order valence-corrected chi connectivity index (χ4v) is 3.13. The molecule has 0 amide bonds. The lowest BCUT2D eigenvalue weighted by molar-refractivity contribution is -0.140. The van der Waals surface area contributed by atoms with Gasteiger partial charge in [0.1, 0.15) is 5.82 Å². The van der Waals surface area contributed by atoms with Crippen molar-refractivity contribution in [3.05, 3.63) is 35.1 Å². The Hall–Kier alpha value is -1.14. The Bertz CT molecular complexity index is 519. The summed E-state index contributed by atoms with van der Waals surface area (Å²) in [4.78, 5) is 2.26. The van der Waals surface area contributed by atoms with E-state index in [0.717, 1.165) is 44.7 Å².